The number of unbranched alkanes of at least 4 members (excludes halogenated alkanes) is 6. The number of carboxylic acids is 1. The predicted molar refractivity (Wildman–Crippen MR) is 85.9 cm³/mol. The van der Waals surface area contributed by atoms with Gasteiger partial charge in [0.15, 0.2) is 5.78 Å². The van der Waals surface area contributed by atoms with Crippen molar-refractivity contribution in [3.63, 3.8) is 0 Å². The Labute approximate surface area is 128 Å². The van der Waals surface area contributed by atoms with Crippen molar-refractivity contribution in [2.24, 2.45) is 0 Å². The van der Waals surface area contributed by atoms with Crippen LogP contribution in [-0.2, 0) is 9.59 Å². The highest BCUT2D eigenvalue weighted by molar-refractivity contribution is 5.89. The molecule has 116 valence electrons. The highest BCUT2D eigenvalue weighted by atomic mass is 16.4. The van der Waals surface area contributed by atoms with Crippen LogP contribution < -0.4 is 0 Å². The van der Waals surface area contributed by atoms with Crippen molar-refractivity contribution < 1.29 is 14.7 Å². The topological polar surface area (TPSA) is 54.4 Å². The maximum atomic E-state index is 11.4. The fourth-order valence-corrected chi connectivity index (χ4v) is 1.85. The summed E-state index contributed by atoms with van der Waals surface area (Å²) in [5.41, 5.74) is 0. The Kier molecular flexibility index (Phi) is 13.3. The average Bonchev–Trinajstić information content (AvgIpc) is 2.44. The molecule has 0 radical (unpaired) electrons. The van der Waals surface area contributed by atoms with E-state index in [0.717, 1.165) is 44.9 Å². The Hall–Kier alpha value is -1.82. The lowest BCUT2D eigenvalue weighted by atomic mass is 10.1. The van der Waals surface area contributed by atoms with Gasteiger partial charge in [-0.3, -0.25) is 9.59 Å². The normalized spacial score (nSPS) is 11.0. The molecule has 21 heavy (non-hydrogen) atoms. The summed E-state index contributed by atoms with van der Waals surface area (Å²) in [6.45, 7) is 0. The van der Waals surface area contributed by atoms with E-state index in [2.05, 4.69) is 12.0 Å². The van der Waals surface area contributed by atoms with Gasteiger partial charge in [0.25, 0.3) is 0 Å². The van der Waals surface area contributed by atoms with Crippen LogP contribution in [-0.4, -0.2) is 16.9 Å². The molecule has 3 nitrogen and oxygen atoms in total. The van der Waals surface area contributed by atoms with Crippen LogP contribution in [0.25, 0.3) is 0 Å². The van der Waals surface area contributed by atoms with Gasteiger partial charge in [-0.25, -0.2) is 0 Å². The second-order valence-electron chi connectivity index (χ2n) is 5.01. The third-order valence-corrected chi connectivity index (χ3v) is 3.04. The van der Waals surface area contributed by atoms with Crippen LogP contribution in [0.5, 0.6) is 0 Å². The van der Waals surface area contributed by atoms with Gasteiger partial charge in [0.05, 0.1) is 0 Å². The van der Waals surface area contributed by atoms with Crippen molar-refractivity contribution in [3.8, 4) is 12.3 Å². The molecule has 0 aliphatic rings. The lowest BCUT2D eigenvalue weighted by molar-refractivity contribution is -0.137. The Balaban J connectivity index is 3.41. The Morgan fingerprint density at radius 3 is 2.38 bits per heavy atom. The molecule has 0 aliphatic carbocycles. The van der Waals surface area contributed by atoms with Crippen molar-refractivity contribution in [2.75, 3.05) is 0 Å². The smallest absolute Gasteiger partial charge is 0.303 e. The first-order valence-corrected chi connectivity index (χ1v) is 7.68. The van der Waals surface area contributed by atoms with Crippen LogP contribution >= 0.6 is 0 Å². The molecule has 0 rings (SSSR count). The third kappa shape index (κ3) is 16.1. The largest absolute Gasteiger partial charge is 0.481 e. The summed E-state index contributed by atoms with van der Waals surface area (Å²) in [5.74, 6) is 1.93. The van der Waals surface area contributed by atoms with E-state index in [0.29, 0.717) is 12.8 Å². The summed E-state index contributed by atoms with van der Waals surface area (Å²) >= 11 is 0. The zero-order valence-corrected chi connectivity index (χ0v) is 12.7. The quantitative estimate of drug-likeness (QED) is 0.238. The molecule has 0 saturated heterocycles. The van der Waals surface area contributed by atoms with Crippen LogP contribution in [0.15, 0.2) is 24.3 Å². The van der Waals surface area contributed by atoms with Gasteiger partial charge in [0, 0.05) is 19.3 Å². The lowest BCUT2D eigenvalue weighted by Crippen LogP contribution is -1.93. The Bertz CT molecular complexity index is 386. The van der Waals surface area contributed by atoms with Crippen LogP contribution in [0.2, 0.25) is 0 Å². The number of rotatable bonds is 13. The van der Waals surface area contributed by atoms with Gasteiger partial charge in [-0.1, -0.05) is 37.5 Å². The fraction of sp³-hybridized carbons (Fsp3) is 0.556. The van der Waals surface area contributed by atoms with E-state index in [1.807, 2.05) is 6.08 Å². The molecule has 0 aromatic rings. The van der Waals surface area contributed by atoms with Crippen LogP contribution in [0.1, 0.15) is 64.2 Å². The summed E-state index contributed by atoms with van der Waals surface area (Å²) < 4.78 is 0. The summed E-state index contributed by atoms with van der Waals surface area (Å²) in [6.07, 6.45) is 20.7. The zero-order valence-electron chi connectivity index (χ0n) is 12.7. The molecular weight excluding hydrogens is 264 g/mol. The van der Waals surface area contributed by atoms with E-state index in [1.165, 1.54) is 0 Å². The second kappa shape index (κ2) is 14.6. The second-order valence-corrected chi connectivity index (χ2v) is 5.01. The maximum absolute atomic E-state index is 11.4. The van der Waals surface area contributed by atoms with Crippen molar-refractivity contribution in [1.29, 1.82) is 0 Å². The molecule has 0 aliphatic heterocycles. The molecule has 0 atom stereocenters. The molecule has 0 fully saturated rings. The molecule has 0 bridgehead atoms. The fourth-order valence-electron chi connectivity index (χ4n) is 1.85. The van der Waals surface area contributed by atoms with Gasteiger partial charge >= 0.3 is 5.97 Å². The standard InChI is InChI=1S/C18H26O3/c1-2-3-11-14-17(19)15-12-9-7-5-4-6-8-10-13-16-18(20)21/h1,7,9,12,15H,3-6,8,10-11,13-14,16H2,(H,20,21)/b9-7-,15-12+. The minimum atomic E-state index is -0.710. The molecule has 0 aromatic heterocycles. The number of allylic oxidation sites excluding steroid dienone is 4. The van der Waals surface area contributed by atoms with Gasteiger partial charge in [0.2, 0.25) is 0 Å². The first-order chi connectivity index (χ1) is 10.2. The molecule has 0 unspecified atom stereocenters. The molecule has 0 spiro atoms. The zero-order chi connectivity index (χ0) is 15.8. The summed E-state index contributed by atoms with van der Waals surface area (Å²) in [7, 11) is 0. The van der Waals surface area contributed by atoms with E-state index < -0.39 is 5.97 Å². The van der Waals surface area contributed by atoms with E-state index in [1.54, 1.807) is 12.2 Å². The number of terminal acetylenes is 1. The number of carboxylic acid groups (broad SMARTS) is 1. The van der Waals surface area contributed by atoms with E-state index in [9.17, 15) is 9.59 Å². The van der Waals surface area contributed by atoms with E-state index >= 15 is 0 Å². The monoisotopic (exact) mass is 290 g/mol. The van der Waals surface area contributed by atoms with Crippen molar-refractivity contribution in [3.05, 3.63) is 24.3 Å². The average molecular weight is 290 g/mol. The van der Waals surface area contributed by atoms with Gasteiger partial charge in [-0.05, 0) is 31.8 Å². The third-order valence-electron chi connectivity index (χ3n) is 3.04. The highest BCUT2D eigenvalue weighted by Crippen LogP contribution is 2.07. The highest BCUT2D eigenvalue weighted by Gasteiger charge is 1.96. The van der Waals surface area contributed by atoms with Crippen molar-refractivity contribution in [2.45, 2.75) is 64.2 Å². The minimum absolute atomic E-state index is 0.119. The number of aliphatic carboxylic acids is 1. The SMILES string of the molecule is C#CCCCC(=O)/C=C/C=C\CCCCCCCC(=O)O. The van der Waals surface area contributed by atoms with Gasteiger partial charge < -0.3 is 5.11 Å². The molecule has 0 aromatic carbocycles. The van der Waals surface area contributed by atoms with E-state index in [-0.39, 0.29) is 12.2 Å². The van der Waals surface area contributed by atoms with Gasteiger partial charge in [-0.15, -0.1) is 12.3 Å². The van der Waals surface area contributed by atoms with Crippen LogP contribution in [0.3, 0.4) is 0 Å². The van der Waals surface area contributed by atoms with E-state index in [4.69, 9.17) is 11.5 Å². The van der Waals surface area contributed by atoms with Gasteiger partial charge in [0.1, 0.15) is 0 Å². The van der Waals surface area contributed by atoms with Crippen molar-refractivity contribution >= 4 is 11.8 Å². The number of carbonyl (C=O) groups is 2. The number of hydrogen-bond acceptors (Lipinski definition) is 2. The van der Waals surface area contributed by atoms with Crippen LogP contribution in [0, 0.1) is 12.3 Å². The lowest BCUT2D eigenvalue weighted by Gasteiger charge is -1.97. The number of carbonyl (C=O) groups excluding carboxylic acids is 1. The van der Waals surface area contributed by atoms with Crippen molar-refractivity contribution in [1.82, 2.24) is 0 Å². The predicted octanol–water partition coefficient (Wildman–Crippen LogP) is 4.29. The summed E-state index contributed by atoms with van der Waals surface area (Å²) in [5, 5.41) is 8.49. The Morgan fingerprint density at radius 1 is 0.952 bits per heavy atom. The summed E-state index contributed by atoms with van der Waals surface area (Å²) in [6, 6.07) is 0. The van der Waals surface area contributed by atoms with Gasteiger partial charge in [-0.2, -0.15) is 0 Å². The van der Waals surface area contributed by atoms with Crippen LogP contribution in [0.4, 0.5) is 0 Å². The molecule has 0 amide bonds. The maximum Gasteiger partial charge on any atom is 0.303 e. The molecule has 0 heterocycles. The first-order valence-electron chi connectivity index (χ1n) is 7.68. The molecular formula is C18H26O3. The molecule has 1 N–H and O–H groups in total. The Morgan fingerprint density at radius 2 is 1.67 bits per heavy atom. The number of hydrogen-bond donors (Lipinski definition) is 1. The molecule has 3 heteroatoms. The minimum Gasteiger partial charge on any atom is -0.481 e. The summed E-state index contributed by atoms with van der Waals surface area (Å²) in [4.78, 5) is 21.7. The molecule has 0 saturated carbocycles. The first kappa shape index (κ1) is 19.2. The number of ketones is 1.